The van der Waals surface area contributed by atoms with Gasteiger partial charge in [0.05, 0.1) is 0 Å². The van der Waals surface area contributed by atoms with Crippen LogP contribution in [0.1, 0.15) is 16.7 Å². The van der Waals surface area contributed by atoms with E-state index in [4.69, 9.17) is 10.6 Å². The molecule has 0 radical (unpaired) electrons. The van der Waals surface area contributed by atoms with Gasteiger partial charge in [-0.3, -0.25) is 0 Å². The average Bonchev–Trinajstić information content (AvgIpc) is 2.87. The van der Waals surface area contributed by atoms with Gasteiger partial charge in [0.25, 0.3) is 0 Å². The average molecular weight is 511 g/mol. The van der Waals surface area contributed by atoms with Crippen molar-refractivity contribution in [2.75, 3.05) is 0 Å². The summed E-state index contributed by atoms with van der Waals surface area (Å²) in [4.78, 5) is 36.8. The molecule has 0 fully saturated rings. The summed E-state index contributed by atoms with van der Waals surface area (Å²) in [6.07, 6.45) is 8.22. The molecule has 0 bridgehead atoms. The Kier molecular flexibility index (Phi) is 9.73. The zero-order valence-corrected chi connectivity index (χ0v) is 20.6. The summed E-state index contributed by atoms with van der Waals surface area (Å²) >= 11 is -4.05. The van der Waals surface area contributed by atoms with Gasteiger partial charge in [-0.25, -0.2) is 0 Å². The molecule has 168 valence electrons. The van der Waals surface area contributed by atoms with Crippen molar-refractivity contribution in [3.63, 3.8) is 0 Å². The molecule has 0 aliphatic carbocycles. The monoisotopic (exact) mass is 510 g/mol. The molecule has 0 aliphatic heterocycles. The Labute approximate surface area is 204 Å². The van der Waals surface area contributed by atoms with E-state index in [0.29, 0.717) is 0 Å². The second-order valence-electron chi connectivity index (χ2n) is 6.83. The number of carbonyl (C=O) groups excluding carboxylic acids is 3. The molecule has 34 heavy (non-hydrogen) atoms. The second-order valence-corrected chi connectivity index (χ2v) is 9.53. The fourth-order valence-electron chi connectivity index (χ4n) is 2.66. The van der Waals surface area contributed by atoms with Crippen LogP contribution in [-0.4, -0.2) is 35.2 Å². The molecule has 6 nitrogen and oxygen atoms in total. The summed E-state index contributed by atoms with van der Waals surface area (Å²) in [7, 11) is 0. The van der Waals surface area contributed by atoms with E-state index in [1.165, 1.54) is 18.2 Å². The number of rotatable bonds is 9. The van der Waals surface area contributed by atoms with E-state index >= 15 is 0 Å². The van der Waals surface area contributed by atoms with Gasteiger partial charge in [-0.2, -0.15) is 0 Å². The fourth-order valence-corrected chi connectivity index (χ4v) is 4.65. The zero-order valence-electron chi connectivity index (χ0n) is 18.2. The van der Waals surface area contributed by atoms with Crippen molar-refractivity contribution in [3.05, 3.63) is 126 Å². The first-order valence-electron chi connectivity index (χ1n) is 10.4. The Bertz CT molecular complexity index is 1020. The van der Waals surface area contributed by atoms with Gasteiger partial charge in [-0.15, -0.1) is 0 Å². The van der Waals surface area contributed by atoms with Crippen molar-refractivity contribution >= 4 is 53.4 Å². The molecule has 0 unspecified atom stereocenters. The van der Waals surface area contributed by atoms with Crippen LogP contribution >= 0.6 is 0 Å². The van der Waals surface area contributed by atoms with Crippen LogP contribution in [0.25, 0.3) is 18.2 Å². The Morgan fingerprint density at radius 2 is 0.735 bits per heavy atom. The third-order valence-electron chi connectivity index (χ3n) is 4.27. The van der Waals surface area contributed by atoms with Gasteiger partial charge < -0.3 is 0 Å². The van der Waals surface area contributed by atoms with Gasteiger partial charge in [-0.1, -0.05) is 0 Å². The van der Waals surface area contributed by atoms with E-state index in [2.05, 4.69) is 0 Å². The van der Waals surface area contributed by atoms with E-state index < -0.39 is 35.2 Å². The van der Waals surface area contributed by atoms with Crippen LogP contribution in [0.2, 0.25) is 0 Å². The van der Waals surface area contributed by atoms with Crippen LogP contribution < -0.4 is 0 Å². The molecule has 0 saturated carbocycles. The molecule has 0 N–H and O–H groups in total. The summed E-state index contributed by atoms with van der Waals surface area (Å²) in [5.41, 5.74) is 2.36. The molecular weight excluding hydrogens is 490 g/mol. The van der Waals surface area contributed by atoms with Crippen molar-refractivity contribution in [1.29, 1.82) is 0 Å². The van der Waals surface area contributed by atoms with Gasteiger partial charge in [0.1, 0.15) is 0 Å². The summed E-state index contributed by atoms with van der Waals surface area (Å²) in [5, 5.41) is 0. The van der Waals surface area contributed by atoms with Gasteiger partial charge in [0.2, 0.25) is 0 Å². The fraction of sp³-hybridized carbons (Fsp3) is 0. The molecule has 3 aromatic carbocycles. The minimum absolute atomic E-state index is 0.770. The number of hydrogen-bond acceptors (Lipinski definition) is 6. The van der Waals surface area contributed by atoms with E-state index in [0.717, 1.165) is 16.7 Å². The van der Waals surface area contributed by atoms with Gasteiger partial charge in [0.15, 0.2) is 0 Å². The van der Waals surface area contributed by atoms with Crippen molar-refractivity contribution < 1.29 is 25.0 Å². The number of carbonyl (C=O) groups is 3. The normalized spacial score (nSPS) is 10.9. The molecule has 3 rings (SSSR count). The van der Waals surface area contributed by atoms with Crippen LogP contribution in [0.3, 0.4) is 0 Å². The van der Waals surface area contributed by atoms with E-state index in [1.807, 2.05) is 91.0 Å². The van der Waals surface area contributed by atoms with Crippen LogP contribution in [0, 0.1) is 0 Å². The predicted octanol–water partition coefficient (Wildman–Crippen LogP) is 4.74. The molecule has 7 heteroatoms. The van der Waals surface area contributed by atoms with Crippen molar-refractivity contribution in [2.45, 2.75) is 0 Å². The number of benzene rings is 3. The number of hydrogen-bond donors (Lipinski definition) is 0. The van der Waals surface area contributed by atoms with Gasteiger partial charge >= 0.3 is 204 Å². The Morgan fingerprint density at radius 1 is 0.471 bits per heavy atom. The van der Waals surface area contributed by atoms with Crippen molar-refractivity contribution in [3.8, 4) is 0 Å². The molecule has 0 aliphatic rings. The standard InChI is InChI=1S/3C9H8O2.Ga/c3*10-9(11)7-6-8-4-2-1-3-5-8;/h3*1-7H,(H,10,11);/q;;;+3/p-3/b3*7-6+;. The molecule has 0 amide bonds. The third kappa shape index (κ3) is 9.19. The first kappa shape index (κ1) is 24.6. The molecule has 0 spiro atoms. The maximum absolute atomic E-state index is 12.3. The second kappa shape index (κ2) is 13.5. The molecular formula is C27H21GaO6. The Hall–Kier alpha value is -4.07. The summed E-state index contributed by atoms with van der Waals surface area (Å²) in [6.45, 7) is 0. The summed E-state index contributed by atoms with van der Waals surface area (Å²) < 4.78 is 15.7. The van der Waals surface area contributed by atoms with Crippen LogP contribution in [0.15, 0.2) is 109 Å². The molecule has 0 heterocycles. The van der Waals surface area contributed by atoms with Gasteiger partial charge in [-0.05, 0) is 0 Å². The summed E-state index contributed by atoms with van der Waals surface area (Å²) in [5.74, 6) is -2.31. The first-order chi connectivity index (χ1) is 16.6. The van der Waals surface area contributed by atoms with E-state index in [1.54, 1.807) is 18.2 Å². The van der Waals surface area contributed by atoms with Gasteiger partial charge in [0, 0.05) is 0 Å². The molecule has 0 atom stereocenters. The molecule has 0 saturated heterocycles. The quantitative estimate of drug-likeness (QED) is 0.305. The van der Waals surface area contributed by atoms with E-state index in [-0.39, 0.29) is 0 Å². The third-order valence-corrected chi connectivity index (χ3v) is 6.94. The van der Waals surface area contributed by atoms with Crippen molar-refractivity contribution in [1.82, 2.24) is 0 Å². The molecule has 0 aromatic heterocycles. The van der Waals surface area contributed by atoms with Crippen LogP contribution in [-0.2, 0) is 25.0 Å². The topological polar surface area (TPSA) is 78.9 Å². The van der Waals surface area contributed by atoms with Crippen LogP contribution in [0.4, 0.5) is 0 Å². The zero-order chi connectivity index (χ0) is 24.0. The predicted molar refractivity (Wildman–Crippen MR) is 130 cm³/mol. The summed E-state index contributed by atoms with van der Waals surface area (Å²) in [6, 6.07) is 27.4. The SMILES string of the molecule is O=C(/C=C/c1ccccc1)[O][Ga]([O]C(=O)/C=C/c1ccccc1)[O]C(=O)/C=C/c1ccccc1. The maximum atomic E-state index is 12.3. The Balaban J connectivity index is 1.65. The first-order valence-corrected chi connectivity index (χ1v) is 13.4. The van der Waals surface area contributed by atoms with E-state index in [9.17, 15) is 14.4 Å². The Morgan fingerprint density at radius 3 is 1.00 bits per heavy atom. The minimum atomic E-state index is -4.05. The van der Waals surface area contributed by atoms with Crippen LogP contribution in [0.5, 0.6) is 0 Å². The van der Waals surface area contributed by atoms with Crippen molar-refractivity contribution in [2.24, 2.45) is 0 Å². The molecule has 3 aromatic rings.